The fourth-order valence-electron chi connectivity index (χ4n) is 6.26. The van der Waals surface area contributed by atoms with Crippen LogP contribution in [0.3, 0.4) is 0 Å². The quantitative estimate of drug-likeness (QED) is 0.236. The maximum atomic E-state index is 13.3. The molecule has 0 bridgehead atoms. The van der Waals surface area contributed by atoms with Gasteiger partial charge in [0.1, 0.15) is 11.1 Å². The Morgan fingerprint density at radius 3 is 2.78 bits per heavy atom. The zero-order valence-corrected chi connectivity index (χ0v) is 27.9. The van der Waals surface area contributed by atoms with Crippen LogP contribution < -0.4 is 5.32 Å². The van der Waals surface area contributed by atoms with Gasteiger partial charge in [-0.2, -0.15) is 5.26 Å². The number of amides is 3. The third-order valence-corrected chi connectivity index (χ3v) is 12.7. The largest absolute Gasteiger partial charge is 0.341 e. The molecule has 1 aromatic heterocycles. The predicted molar refractivity (Wildman–Crippen MR) is 185 cm³/mol. The Bertz CT molecular complexity index is 1670. The van der Waals surface area contributed by atoms with Gasteiger partial charge >= 0.3 is 0 Å². The van der Waals surface area contributed by atoms with Gasteiger partial charge in [-0.25, -0.2) is 0 Å². The van der Waals surface area contributed by atoms with Crippen molar-refractivity contribution >= 4 is 66.4 Å². The molecule has 0 radical (unpaired) electrons. The summed E-state index contributed by atoms with van der Waals surface area (Å²) >= 11 is 1.40. The van der Waals surface area contributed by atoms with Crippen molar-refractivity contribution in [3.8, 4) is 6.07 Å². The number of piperidine rings is 1. The molecule has 1 N–H and O–H groups in total. The van der Waals surface area contributed by atoms with E-state index in [2.05, 4.69) is 22.4 Å². The molecule has 1 atom stereocenters. The zero-order chi connectivity index (χ0) is 31.3. The second kappa shape index (κ2) is 14.4. The van der Waals surface area contributed by atoms with Crippen LogP contribution in [0.15, 0.2) is 54.1 Å². The number of rotatable bonds is 8. The number of hydrogen-bond donors (Lipinski definition) is 1. The van der Waals surface area contributed by atoms with Crippen LogP contribution in [0.1, 0.15) is 52.0 Å². The molecule has 1 unspecified atom stereocenters. The molecule has 4 heterocycles. The van der Waals surface area contributed by atoms with Gasteiger partial charge in [0.15, 0.2) is 0 Å². The molecule has 3 amide bonds. The number of carbonyl (C=O) groups is 3. The van der Waals surface area contributed by atoms with Gasteiger partial charge in [0.05, 0.1) is 17.4 Å². The van der Waals surface area contributed by atoms with Gasteiger partial charge in [-0.05, 0) is 54.6 Å². The second-order valence-corrected chi connectivity index (χ2v) is 15.6. The van der Waals surface area contributed by atoms with Crippen LogP contribution in [0.4, 0.5) is 5.00 Å². The molecule has 234 valence electrons. The van der Waals surface area contributed by atoms with E-state index in [9.17, 15) is 19.6 Å². The molecule has 2 saturated heterocycles. The van der Waals surface area contributed by atoms with Crippen LogP contribution >= 0.6 is 32.9 Å². The Labute approximate surface area is 276 Å². The summed E-state index contributed by atoms with van der Waals surface area (Å²) in [5, 5.41) is 15.5. The van der Waals surface area contributed by atoms with Crippen LogP contribution in [0.2, 0.25) is 0 Å². The van der Waals surface area contributed by atoms with E-state index in [-0.39, 0.29) is 23.0 Å². The summed E-state index contributed by atoms with van der Waals surface area (Å²) in [7, 11) is 5.36. The number of nitriles is 1. The summed E-state index contributed by atoms with van der Waals surface area (Å²) in [6.07, 6.45) is 6.29. The minimum atomic E-state index is -0.241. The maximum Gasteiger partial charge on any atom is 0.256 e. The van der Waals surface area contributed by atoms with Crippen molar-refractivity contribution in [2.75, 3.05) is 50.8 Å². The molecule has 0 aliphatic carbocycles. The lowest BCUT2D eigenvalue weighted by Crippen LogP contribution is -2.39. The van der Waals surface area contributed by atoms with E-state index in [1.165, 1.54) is 16.9 Å². The number of likely N-dealkylation sites (tertiary alicyclic amines) is 1. The molecule has 8 nitrogen and oxygen atoms in total. The van der Waals surface area contributed by atoms with Crippen LogP contribution in [0.5, 0.6) is 0 Å². The predicted octanol–water partition coefficient (Wildman–Crippen LogP) is 5.93. The summed E-state index contributed by atoms with van der Waals surface area (Å²) in [6, 6.07) is 15.7. The minimum absolute atomic E-state index is 0.0826. The average molecular weight is 660 g/mol. The molecule has 3 aliphatic heterocycles. The topological polar surface area (TPSA) is 96.8 Å². The summed E-state index contributed by atoms with van der Waals surface area (Å²) in [5.41, 5.74) is 3.36. The van der Waals surface area contributed by atoms with Crippen LogP contribution in [-0.4, -0.2) is 83.2 Å². The highest BCUT2D eigenvalue weighted by Gasteiger charge is 2.29. The van der Waals surface area contributed by atoms with Crippen molar-refractivity contribution in [1.29, 1.82) is 5.26 Å². The van der Waals surface area contributed by atoms with Gasteiger partial charge in [-0.3, -0.25) is 19.3 Å². The molecule has 2 fully saturated rings. The highest BCUT2D eigenvalue weighted by molar-refractivity contribution is 8.77. The molecular weight excluding hydrogens is 623 g/mol. The van der Waals surface area contributed by atoms with E-state index in [4.69, 9.17) is 0 Å². The summed E-state index contributed by atoms with van der Waals surface area (Å²) in [6.45, 7) is 4.16. The Hall–Kier alpha value is -3.30. The van der Waals surface area contributed by atoms with Crippen LogP contribution in [0.25, 0.3) is 10.8 Å². The molecule has 3 aliphatic rings. The lowest BCUT2D eigenvalue weighted by atomic mass is 10.0. The summed E-state index contributed by atoms with van der Waals surface area (Å²) in [4.78, 5) is 46.3. The number of fused-ring (bicyclic) bond motifs is 2. The molecule has 0 spiro atoms. The lowest BCUT2D eigenvalue weighted by molar-refractivity contribution is -0.132. The fraction of sp³-hybridized carbons (Fsp3) is 0.412. The first-order valence-corrected chi connectivity index (χ1v) is 18.7. The second-order valence-electron chi connectivity index (χ2n) is 11.8. The zero-order valence-electron chi connectivity index (χ0n) is 25.4. The van der Waals surface area contributed by atoms with E-state index < -0.39 is 0 Å². The van der Waals surface area contributed by atoms with Crippen molar-refractivity contribution < 1.29 is 14.4 Å². The SMILES string of the molecule is CN(C/C=C1\CCCN(CCC(=O)N2CCc3c(sc(NC(=O)c4cccc5ccccc45)c3C#N)C2)C1)C(=O)C1CCSS1. The normalized spacial score (nSPS) is 19.3. The minimum Gasteiger partial charge on any atom is -0.341 e. The van der Waals surface area contributed by atoms with Crippen molar-refractivity contribution in [2.45, 2.75) is 43.9 Å². The van der Waals surface area contributed by atoms with Gasteiger partial charge in [0, 0.05) is 55.8 Å². The Balaban J connectivity index is 1.03. The van der Waals surface area contributed by atoms with Gasteiger partial charge < -0.3 is 15.1 Å². The molecule has 11 heteroatoms. The van der Waals surface area contributed by atoms with Crippen molar-refractivity contribution in [1.82, 2.24) is 14.7 Å². The number of anilines is 1. The van der Waals surface area contributed by atoms with E-state index in [1.54, 1.807) is 27.7 Å². The van der Waals surface area contributed by atoms with E-state index in [0.29, 0.717) is 55.1 Å². The van der Waals surface area contributed by atoms with Gasteiger partial charge in [0.2, 0.25) is 11.8 Å². The number of carbonyl (C=O) groups excluding carboxylic acids is 3. The molecule has 3 aromatic rings. The maximum absolute atomic E-state index is 13.3. The van der Waals surface area contributed by atoms with Crippen molar-refractivity contribution in [3.05, 3.63) is 75.7 Å². The molecule has 6 rings (SSSR count). The Kier molecular flexibility index (Phi) is 10.1. The fourth-order valence-corrected chi connectivity index (χ4v) is 10.3. The highest BCUT2D eigenvalue weighted by atomic mass is 33.1. The number of benzene rings is 2. The number of hydrogen-bond acceptors (Lipinski definition) is 8. The number of likely N-dealkylation sites (N-methyl/N-ethyl adjacent to an activating group) is 1. The van der Waals surface area contributed by atoms with Gasteiger partial charge in [0.25, 0.3) is 5.91 Å². The van der Waals surface area contributed by atoms with Gasteiger partial charge in [-0.15, -0.1) is 11.3 Å². The Morgan fingerprint density at radius 2 is 1.96 bits per heavy atom. The van der Waals surface area contributed by atoms with E-state index in [1.807, 2.05) is 53.2 Å². The van der Waals surface area contributed by atoms with Crippen molar-refractivity contribution in [2.24, 2.45) is 0 Å². The monoisotopic (exact) mass is 659 g/mol. The standard InChI is InChI=1S/C34H37N5O3S3/c1-37(34(42)29-14-19-43-45-29)16-11-23-6-5-15-38(21-23)17-13-31(40)39-18-12-26-28(20-35)33(44-30(26)22-39)36-32(41)27-10-4-8-24-7-2-3-9-25(24)27/h2-4,7-11,29H,5-6,12-19,21-22H2,1H3,(H,36,41)/b23-11+. The number of thiophene rings is 1. The first-order chi connectivity index (χ1) is 21.9. The average Bonchev–Trinajstić information content (AvgIpc) is 3.73. The lowest BCUT2D eigenvalue weighted by Gasteiger charge is -2.31. The third kappa shape index (κ3) is 7.25. The van der Waals surface area contributed by atoms with E-state index in [0.717, 1.165) is 59.3 Å². The molecule has 45 heavy (non-hydrogen) atoms. The van der Waals surface area contributed by atoms with Crippen LogP contribution in [0, 0.1) is 11.3 Å². The Morgan fingerprint density at radius 1 is 1.11 bits per heavy atom. The van der Waals surface area contributed by atoms with E-state index >= 15 is 0 Å². The number of nitrogens with zero attached hydrogens (tertiary/aromatic N) is 4. The summed E-state index contributed by atoms with van der Waals surface area (Å²) < 4.78 is 0. The molecule has 0 saturated carbocycles. The molecule has 2 aromatic carbocycles. The van der Waals surface area contributed by atoms with Crippen LogP contribution in [-0.2, 0) is 22.6 Å². The van der Waals surface area contributed by atoms with Crippen molar-refractivity contribution in [3.63, 3.8) is 0 Å². The first kappa shape index (κ1) is 31.7. The summed E-state index contributed by atoms with van der Waals surface area (Å²) in [5.74, 6) is 1.14. The third-order valence-electron chi connectivity index (χ3n) is 8.78. The smallest absolute Gasteiger partial charge is 0.256 e. The number of nitrogens with one attached hydrogen (secondary N) is 1. The first-order valence-electron chi connectivity index (χ1n) is 15.5. The highest BCUT2D eigenvalue weighted by Crippen LogP contribution is 2.39. The molecular formula is C34H37N5O3S3. The van der Waals surface area contributed by atoms with Gasteiger partial charge in [-0.1, -0.05) is 69.6 Å².